The highest BCUT2D eigenvalue weighted by Crippen LogP contribution is 2.40. The summed E-state index contributed by atoms with van der Waals surface area (Å²) in [5.41, 5.74) is 4.66. The molecule has 0 saturated heterocycles. The van der Waals surface area contributed by atoms with Crippen molar-refractivity contribution in [3.05, 3.63) is 132 Å². The third kappa shape index (κ3) is 7.40. The van der Waals surface area contributed by atoms with E-state index in [4.69, 9.17) is 19.3 Å². The molecule has 0 radical (unpaired) electrons. The molecule has 0 aliphatic carbocycles. The third-order valence-corrected chi connectivity index (χ3v) is 8.27. The molecule has 236 valence electrons. The number of rotatable bonds is 11. The second-order valence-electron chi connectivity index (χ2n) is 10.7. The van der Waals surface area contributed by atoms with Gasteiger partial charge in [0.15, 0.2) is 5.84 Å². The summed E-state index contributed by atoms with van der Waals surface area (Å²) in [6.07, 6.45) is 1.95. The Labute approximate surface area is 271 Å². The molecule has 0 saturated carbocycles. The summed E-state index contributed by atoms with van der Waals surface area (Å²) in [7, 11) is -7.05. The van der Waals surface area contributed by atoms with Crippen LogP contribution in [-0.4, -0.2) is 53.9 Å². The van der Waals surface area contributed by atoms with Gasteiger partial charge in [-0.25, -0.2) is 9.98 Å². The summed E-state index contributed by atoms with van der Waals surface area (Å²) in [4.78, 5) is 9.63. The maximum absolute atomic E-state index is 15.1. The SMILES string of the molecule is O=S(=O)(O)CCCOc1ccc(-c2cc(-c3ccccc3)c(/N=C3\N=C(c4ccc(O)cc4)C=C3c3ccccc3)n2B(F)F)cc1. The zero-order valence-corrected chi connectivity index (χ0v) is 25.7. The Morgan fingerprint density at radius 1 is 0.809 bits per heavy atom. The molecule has 1 aliphatic rings. The standard InChI is InChI=1S/C35H28BF2N3O5S/c37-36(38)41-33(27-14-18-29(19-15-27)46-20-7-21-47(43,44)45)23-31(25-10-5-2-6-11-25)35(41)40-34-30(24-8-3-1-4-9-24)22-32(39-34)26-12-16-28(42)17-13-26/h1-6,8-19,22-23,42H,7,20-21H2,(H,43,44,45)/b40-34-. The Hall–Kier alpha value is -5.33. The van der Waals surface area contributed by atoms with Crippen molar-refractivity contribution >= 4 is 40.5 Å². The van der Waals surface area contributed by atoms with Crippen LogP contribution in [0.2, 0.25) is 0 Å². The molecule has 6 rings (SSSR count). The highest BCUT2D eigenvalue weighted by molar-refractivity contribution is 7.85. The van der Waals surface area contributed by atoms with Crippen LogP contribution in [0.1, 0.15) is 17.5 Å². The van der Waals surface area contributed by atoms with Crippen molar-refractivity contribution in [3.63, 3.8) is 0 Å². The minimum atomic E-state index is -4.09. The van der Waals surface area contributed by atoms with Crippen molar-refractivity contribution in [2.24, 2.45) is 9.98 Å². The fraction of sp³-hybridized carbons (Fsp3) is 0.0857. The number of amidine groups is 1. The first-order valence-corrected chi connectivity index (χ1v) is 16.3. The lowest BCUT2D eigenvalue weighted by atomic mass is 10.0. The zero-order valence-electron chi connectivity index (χ0n) is 24.9. The van der Waals surface area contributed by atoms with E-state index in [0.29, 0.717) is 33.7 Å². The number of phenolic OH excluding ortho intramolecular Hbond substituents is 1. The Bertz CT molecular complexity index is 2080. The molecule has 47 heavy (non-hydrogen) atoms. The average molecular weight is 652 g/mol. The van der Waals surface area contributed by atoms with Crippen LogP contribution in [0.25, 0.3) is 28.0 Å². The molecule has 0 bridgehead atoms. The summed E-state index contributed by atoms with van der Waals surface area (Å²) >= 11 is 0. The summed E-state index contributed by atoms with van der Waals surface area (Å²) in [5.74, 6) is 0.390. The average Bonchev–Trinajstić information content (AvgIpc) is 3.66. The fourth-order valence-electron chi connectivity index (χ4n) is 5.24. The monoisotopic (exact) mass is 651 g/mol. The van der Waals surface area contributed by atoms with E-state index in [1.807, 2.05) is 66.7 Å². The van der Waals surface area contributed by atoms with Crippen molar-refractivity contribution in [1.29, 1.82) is 0 Å². The molecule has 8 nitrogen and oxygen atoms in total. The van der Waals surface area contributed by atoms with Crippen molar-refractivity contribution in [2.45, 2.75) is 6.42 Å². The van der Waals surface area contributed by atoms with Crippen LogP contribution in [0.5, 0.6) is 11.5 Å². The molecule has 0 spiro atoms. The zero-order chi connectivity index (χ0) is 33.0. The Kier molecular flexibility index (Phi) is 9.14. The fourth-order valence-corrected chi connectivity index (χ4v) is 5.72. The topological polar surface area (TPSA) is 113 Å². The number of nitrogens with zero attached hydrogens (tertiary/aromatic N) is 3. The van der Waals surface area contributed by atoms with Crippen LogP contribution in [0, 0.1) is 0 Å². The summed E-state index contributed by atoms with van der Waals surface area (Å²) < 4.78 is 67.5. The number of phenols is 1. The quantitative estimate of drug-likeness (QED) is 0.0869. The second-order valence-corrected chi connectivity index (χ2v) is 12.3. The van der Waals surface area contributed by atoms with Gasteiger partial charge in [-0.1, -0.05) is 60.7 Å². The molecule has 0 unspecified atom stereocenters. The van der Waals surface area contributed by atoms with Gasteiger partial charge in [-0.05, 0) is 83.8 Å². The van der Waals surface area contributed by atoms with E-state index in [9.17, 15) is 13.5 Å². The van der Waals surface area contributed by atoms with E-state index in [2.05, 4.69) is 0 Å². The van der Waals surface area contributed by atoms with Crippen molar-refractivity contribution in [2.75, 3.05) is 12.4 Å². The minimum absolute atomic E-state index is 0.0271. The normalized spacial score (nSPS) is 13.8. The molecule has 1 aromatic heterocycles. The number of benzene rings is 4. The van der Waals surface area contributed by atoms with E-state index in [-0.39, 0.29) is 36.1 Å². The second kappa shape index (κ2) is 13.6. The molecule has 12 heteroatoms. The van der Waals surface area contributed by atoms with Crippen LogP contribution < -0.4 is 4.74 Å². The first kappa shape index (κ1) is 31.6. The summed E-state index contributed by atoms with van der Waals surface area (Å²) in [6.45, 7) is 0.0518. The number of ether oxygens (including phenoxy) is 1. The van der Waals surface area contributed by atoms with Gasteiger partial charge in [0, 0.05) is 22.4 Å². The van der Waals surface area contributed by atoms with Crippen molar-refractivity contribution < 1.29 is 31.4 Å². The molecule has 2 heterocycles. The predicted octanol–water partition coefficient (Wildman–Crippen LogP) is 7.57. The maximum Gasteiger partial charge on any atom is 0.679 e. The molecular formula is C35H28BF2N3O5S. The van der Waals surface area contributed by atoms with Gasteiger partial charge in [0.2, 0.25) is 0 Å². The maximum atomic E-state index is 15.1. The van der Waals surface area contributed by atoms with Crippen LogP contribution in [0.15, 0.2) is 131 Å². The van der Waals surface area contributed by atoms with Gasteiger partial charge in [0.05, 0.1) is 18.1 Å². The van der Waals surface area contributed by atoms with E-state index >= 15 is 8.63 Å². The van der Waals surface area contributed by atoms with Crippen molar-refractivity contribution in [1.82, 2.24) is 4.48 Å². The van der Waals surface area contributed by atoms with Crippen LogP contribution in [0.4, 0.5) is 14.4 Å². The molecule has 1 aliphatic heterocycles. The molecule has 5 aromatic rings. The van der Waals surface area contributed by atoms with Gasteiger partial charge in [-0.3, -0.25) is 13.2 Å². The minimum Gasteiger partial charge on any atom is -0.508 e. The van der Waals surface area contributed by atoms with Gasteiger partial charge in [0.1, 0.15) is 17.3 Å². The van der Waals surface area contributed by atoms with Gasteiger partial charge < -0.3 is 14.3 Å². The van der Waals surface area contributed by atoms with E-state index < -0.39 is 23.3 Å². The number of hydrogen-bond acceptors (Lipinski definition) is 5. The predicted molar refractivity (Wildman–Crippen MR) is 181 cm³/mol. The highest BCUT2D eigenvalue weighted by Gasteiger charge is 2.30. The van der Waals surface area contributed by atoms with Gasteiger partial charge in [-0.2, -0.15) is 8.42 Å². The number of allylic oxidation sites excluding steroid dienone is 1. The van der Waals surface area contributed by atoms with Crippen LogP contribution in [0.3, 0.4) is 0 Å². The summed E-state index contributed by atoms with van der Waals surface area (Å²) in [5, 5.41) is 9.80. The van der Waals surface area contributed by atoms with Gasteiger partial charge in [0.25, 0.3) is 10.1 Å². The Balaban J connectivity index is 1.45. The number of aliphatic imine (C=N–C) groups is 2. The first-order valence-electron chi connectivity index (χ1n) is 14.7. The third-order valence-electron chi connectivity index (χ3n) is 7.46. The lowest BCUT2D eigenvalue weighted by molar-refractivity contribution is 0.316. The largest absolute Gasteiger partial charge is 0.679 e. The Morgan fingerprint density at radius 2 is 1.43 bits per heavy atom. The number of hydrogen-bond donors (Lipinski definition) is 2. The van der Waals surface area contributed by atoms with E-state index in [1.165, 1.54) is 0 Å². The number of halogens is 2. The lowest BCUT2D eigenvalue weighted by Crippen LogP contribution is -2.14. The number of aromatic hydroxyl groups is 1. The Morgan fingerprint density at radius 3 is 2.04 bits per heavy atom. The molecule has 4 aromatic carbocycles. The van der Waals surface area contributed by atoms with Gasteiger partial charge in [-0.15, -0.1) is 0 Å². The molecule has 0 atom stereocenters. The van der Waals surface area contributed by atoms with Crippen LogP contribution >= 0.6 is 0 Å². The summed E-state index contributed by atoms with van der Waals surface area (Å²) in [6, 6.07) is 33.4. The van der Waals surface area contributed by atoms with Gasteiger partial charge >= 0.3 is 7.40 Å². The molecule has 2 N–H and O–H groups in total. The highest BCUT2D eigenvalue weighted by atomic mass is 32.2. The molecular weight excluding hydrogens is 623 g/mol. The van der Waals surface area contributed by atoms with Crippen molar-refractivity contribution in [3.8, 4) is 33.9 Å². The smallest absolute Gasteiger partial charge is 0.508 e. The first-order chi connectivity index (χ1) is 22.7. The molecule has 0 amide bonds. The van der Waals surface area contributed by atoms with E-state index in [1.54, 1.807) is 54.6 Å². The van der Waals surface area contributed by atoms with Crippen LogP contribution in [-0.2, 0) is 10.1 Å². The van der Waals surface area contributed by atoms with E-state index in [0.717, 1.165) is 15.6 Å². The number of aromatic nitrogens is 1. The lowest BCUT2D eigenvalue weighted by Gasteiger charge is -2.11. The molecule has 0 fully saturated rings.